The smallest absolute Gasteiger partial charge is 0.250 e. The molecule has 1 heterocycles. The summed E-state index contributed by atoms with van der Waals surface area (Å²) < 4.78 is 10.2. The lowest BCUT2D eigenvalue weighted by atomic mass is 10.0. The fourth-order valence-electron chi connectivity index (χ4n) is 1.56. The Balaban J connectivity index is 2.64. The molecule has 2 N–H and O–H groups in total. The lowest BCUT2D eigenvalue weighted by molar-refractivity contribution is 0.100. The highest BCUT2D eigenvalue weighted by Crippen LogP contribution is 2.34. The lowest BCUT2D eigenvalue weighted by Crippen LogP contribution is -2.11. The summed E-state index contributed by atoms with van der Waals surface area (Å²) in [6.45, 7) is 0. The molecule has 0 unspecified atom stereocenters. The molecule has 2 aromatic rings. The van der Waals surface area contributed by atoms with Crippen molar-refractivity contribution >= 4 is 17.5 Å². The molecule has 88 valence electrons. The minimum Gasteiger partial charge on any atom is -0.496 e. The maximum atomic E-state index is 11.2. The van der Waals surface area contributed by atoms with Crippen molar-refractivity contribution in [3.63, 3.8) is 0 Å². The molecule has 0 bridgehead atoms. The number of methoxy groups -OCH3 is 1. The zero-order valence-corrected chi connectivity index (χ0v) is 9.82. The third kappa shape index (κ3) is 2.12. The number of nitrogens with two attached hydrogens (primary N) is 1. The number of amides is 1. The number of ether oxygens (including phenoxy) is 1. The first-order chi connectivity index (χ1) is 8.13. The summed E-state index contributed by atoms with van der Waals surface area (Å²) in [7, 11) is 1.53. The Morgan fingerprint density at radius 3 is 2.76 bits per heavy atom. The summed E-state index contributed by atoms with van der Waals surface area (Å²) in [4.78, 5) is 11.2. The van der Waals surface area contributed by atoms with Crippen molar-refractivity contribution in [2.45, 2.75) is 0 Å². The topological polar surface area (TPSA) is 65.5 Å². The van der Waals surface area contributed by atoms with Crippen LogP contribution in [-0.4, -0.2) is 13.0 Å². The van der Waals surface area contributed by atoms with Crippen LogP contribution in [0.4, 0.5) is 0 Å². The molecule has 0 saturated heterocycles. The van der Waals surface area contributed by atoms with E-state index in [1.54, 1.807) is 24.5 Å². The van der Waals surface area contributed by atoms with E-state index in [0.29, 0.717) is 11.3 Å². The Labute approximate surface area is 103 Å². The third-order valence-electron chi connectivity index (χ3n) is 2.39. The highest BCUT2D eigenvalue weighted by Gasteiger charge is 2.14. The van der Waals surface area contributed by atoms with E-state index in [1.807, 2.05) is 0 Å². The predicted molar refractivity (Wildman–Crippen MR) is 64.2 cm³/mol. The van der Waals surface area contributed by atoms with Gasteiger partial charge in [0.15, 0.2) is 0 Å². The number of hydrogen-bond acceptors (Lipinski definition) is 3. The number of primary amides is 1. The van der Waals surface area contributed by atoms with Gasteiger partial charge in [-0.3, -0.25) is 4.79 Å². The summed E-state index contributed by atoms with van der Waals surface area (Å²) in [5.41, 5.74) is 6.99. The van der Waals surface area contributed by atoms with Gasteiger partial charge in [-0.1, -0.05) is 11.6 Å². The fraction of sp³-hybridized carbons (Fsp3) is 0.0833. The van der Waals surface area contributed by atoms with Gasteiger partial charge >= 0.3 is 0 Å². The van der Waals surface area contributed by atoms with Crippen LogP contribution >= 0.6 is 11.6 Å². The number of furan rings is 1. The zero-order valence-electron chi connectivity index (χ0n) is 9.07. The van der Waals surface area contributed by atoms with Gasteiger partial charge in [0.1, 0.15) is 5.75 Å². The molecule has 0 radical (unpaired) electrons. The molecule has 0 atom stereocenters. The molecule has 17 heavy (non-hydrogen) atoms. The molecule has 4 nitrogen and oxygen atoms in total. The van der Waals surface area contributed by atoms with Gasteiger partial charge in [-0.05, 0) is 12.1 Å². The van der Waals surface area contributed by atoms with E-state index in [-0.39, 0.29) is 10.6 Å². The Morgan fingerprint density at radius 1 is 1.47 bits per heavy atom. The highest BCUT2D eigenvalue weighted by atomic mass is 35.5. The molecule has 0 aliphatic rings. The lowest BCUT2D eigenvalue weighted by Gasteiger charge is -2.09. The highest BCUT2D eigenvalue weighted by molar-refractivity contribution is 6.34. The average molecular weight is 252 g/mol. The van der Waals surface area contributed by atoms with Crippen molar-refractivity contribution < 1.29 is 13.9 Å². The van der Waals surface area contributed by atoms with E-state index < -0.39 is 5.91 Å². The van der Waals surface area contributed by atoms with E-state index >= 15 is 0 Å². The standard InChI is InChI=1S/C12H10ClNO3/c1-16-11-5-10(13)9(12(14)15)4-8(11)7-2-3-17-6-7/h2-6H,1H3,(H2,14,15). The van der Waals surface area contributed by atoms with Gasteiger partial charge in [-0.25, -0.2) is 0 Å². The first-order valence-corrected chi connectivity index (χ1v) is 5.21. The molecule has 1 amide bonds. The van der Waals surface area contributed by atoms with Crippen LogP contribution in [0.3, 0.4) is 0 Å². The molecule has 0 spiro atoms. The van der Waals surface area contributed by atoms with Crippen LogP contribution in [0.25, 0.3) is 11.1 Å². The van der Waals surface area contributed by atoms with E-state index in [0.717, 1.165) is 5.56 Å². The maximum Gasteiger partial charge on any atom is 0.250 e. The van der Waals surface area contributed by atoms with Crippen molar-refractivity contribution in [2.75, 3.05) is 7.11 Å². The fourth-order valence-corrected chi connectivity index (χ4v) is 1.80. The molecule has 0 saturated carbocycles. The number of carbonyl (C=O) groups is 1. The van der Waals surface area contributed by atoms with Gasteiger partial charge in [0.2, 0.25) is 5.91 Å². The number of hydrogen-bond donors (Lipinski definition) is 1. The van der Waals surface area contributed by atoms with Crippen molar-refractivity contribution in [1.29, 1.82) is 0 Å². The number of benzene rings is 1. The number of rotatable bonds is 3. The summed E-state index contributed by atoms with van der Waals surface area (Å²) in [6, 6.07) is 4.91. The molecule has 2 rings (SSSR count). The van der Waals surface area contributed by atoms with Crippen molar-refractivity contribution in [1.82, 2.24) is 0 Å². The third-order valence-corrected chi connectivity index (χ3v) is 2.70. The van der Waals surface area contributed by atoms with E-state index in [1.165, 1.54) is 13.4 Å². The van der Waals surface area contributed by atoms with Crippen LogP contribution in [0.1, 0.15) is 10.4 Å². The maximum absolute atomic E-state index is 11.2. The van der Waals surface area contributed by atoms with Crippen molar-refractivity contribution in [3.8, 4) is 16.9 Å². The Morgan fingerprint density at radius 2 is 2.24 bits per heavy atom. The Hall–Kier alpha value is -1.94. The SMILES string of the molecule is COc1cc(Cl)c(C(N)=O)cc1-c1ccoc1. The first kappa shape index (κ1) is 11.5. The normalized spacial score (nSPS) is 10.2. The monoisotopic (exact) mass is 251 g/mol. The van der Waals surface area contributed by atoms with Crippen molar-refractivity contribution in [3.05, 3.63) is 41.3 Å². The molecule has 0 aliphatic carbocycles. The van der Waals surface area contributed by atoms with Gasteiger partial charge in [0.05, 0.1) is 30.2 Å². The second-order valence-electron chi connectivity index (χ2n) is 3.41. The van der Waals surface area contributed by atoms with E-state index in [2.05, 4.69) is 0 Å². The van der Waals surface area contributed by atoms with Gasteiger partial charge in [0, 0.05) is 17.2 Å². The summed E-state index contributed by atoms with van der Waals surface area (Å²) in [5.74, 6) is -0.0243. The predicted octanol–water partition coefficient (Wildman–Crippen LogP) is 2.71. The Kier molecular flexibility index (Phi) is 3.06. The van der Waals surface area contributed by atoms with Crippen molar-refractivity contribution in [2.24, 2.45) is 5.73 Å². The van der Waals surface area contributed by atoms with Gasteiger partial charge in [-0.2, -0.15) is 0 Å². The van der Waals surface area contributed by atoms with Crippen LogP contribution in [0.5, 0.6) is 5.75 Å². The second-order valence-corrected chi connectivity index (χ2v) is 3.82. The largest absolute Gasteiger partial charge is 0.496 e. The molecule has 5 heteroatoms. The van der Waals surface area contributed by atoms with Gasteiger partial charge in [-0.15, -0.1) is 0 Å². The molecule has 1 aromatic carbocycles. The Bertz CT molecular complexity index is 549. The molecule has 0 aliphatic heterocycles. The van der Waals surface area contributed by atoms with Gasteiger partial charge < -0.3 is 14.9 Å². The van der Waals surface area contributed by atoms with Crippen LogP contribution in [-0.2, 0) is 0 Å². The number of halogens is 1. The van der Waals surface area contributed by atoms with Crippen LogP contribution < -0.4 is 10.5 Å². The number of carbonyl (C=O) groups excluding carboxylic acids is 1. The minimum absolute atomic E-state index is 0.253. The zero-order chi connectivity index (χ0) is 12.4. The van der Waals surface area contributed by atoms with Gasteiger partial charge in [0.25, 0.3) is 0 Å². The molecule has 0 fully saturated rings. The molecular weight excluding hydrogens is 242 g/mol. The minimum atomic E-state index is -0.581. The second kappa shape index (κ2) is 4.51. The molecule has 1 aromatic heterocycles. The van der Waals surface area contributed by atoms with E-state index in [9.17, 15) is 4.79 Å². The first-order valence-electron chi connectivity index (χ1n) is 4.83. The quantitative estimate of drug-likeness (QED) is 0.912. The summed E-state index contributed by atoms with van der Waals surface area (Å²) in [6.07, 6.45) is 3.09. The summed E-state index contributed by atoms with van der Waals surface area (Å²) >= 11 is 5.93. The summed E-state index contributed by atoms with van der Waals surface area (Å²) in [5, 5.41) is 0.265. The average Bonchev–Trinajstić information content (AvgIpc) is 2.81. The van der Waals surface area contributed by atoms with Crippen LogP contribution in [0.15, 0.2) is 35.1 Å². The van der Waals surface area contributed by atoms with Crippen LogP contribution in [0, 0.1) is 0 Å². The van der Waals surface area contributed by atoms with Crippen LogP contribution in [0.2, 0.25) is 5.02 Å². The van der Waals surface area contributed by atoms with E-state index in [4.69, 9.17) is 26.5 Å². The molecular formula is C12H10ClNO3.